The molecule has 1 atom stereocenters. The molecule has 0 aromatic carbocycles. The van der Waals surface area contributed by atoms with E-state index in [-0.39, 0.29) is 5.97 Å². The SMILES string of the molecule is CCCCCCCCCCCCCCN(CCCCN(CCCCCCCCCCCC)CC(N)O)CCC(=O)OCCCCCCCCCCCCC. The van der Waals surface area contributed by atoms with Crippen LogP contribution in [0.5, 0.6) is 0 Å². The molecule has 0 heterocycles. The largest absolute Gasteiger partial charge is 0.466 e. The molecule has 0 spiro atoms. The number of nitrogens with zero attached hydrogens (tertiary/aromatic N) is 2. The fourth-order valence-corrected chi connectivity index (χ4v) is 7.84. The molecule has 0 radical (unpaired) electrons. The molecular formula is C48H99N3O3. The minimum atomic E-state index is -0.772. The van der Waals surface area contributed by atoms with Gasteiger partial charge in [-0.2, -0.15) is 0 Å². The first kappa shape index (κ1) is 53.3. The summed E-state index contributed by atoms with van der Waals surface area (Å²) in [6.07, 6.45) is 46.1. The molecule has 6 nitrogen and oxygen atoms in total. The van der Waals surface area contributed by atoms with Crippen LogP contribution in [-0.2, 0) is 9.53 Å². The predicted molar refractivity (Wildman–Crippen MR) is 237 cm³/mol. The Morgan fingerprint density at radius 2 is 0.704 bits per heavy atom. The van der Waals surface area contributed by atoms with Gasteiger partial charge in [0.25, 0.3) is 0 Å². The van der Waals surface area contributed by atoms with E-state index < -0.39 is 6.23 Å². The first-order valence-electron chi connectivity index (χ1n) is 24.6. The van der Waals surface area contributed by atoms with Gasteiger partial charge in [-0.25, -0.2) is 0 Å². The summed E-state index contributed by atoms with van der Waals surface area (Å²) in [4.78, 5) is 17.6. The fourth-order valence-electron chi connectivity index (χ4n) is 7.84. The molecule has 0 aliphatic rings. The van der Waals surface area contributed by atoms with Gasteiger partial charge in [-0.05, 0) is 58.3 Å². The summed E-state index contributed by atoms with van der Waals surface area (Å²) in [5, 5.41) is 9.94. The second-order valence-electron chi connectivity index (χ2n) is 17.0. The zero-order chi connectivity index (χ0) is 39.4. The van der Waals surface area contributed by atoms with Crippen molar-refractivity contribution in [1.29, 1.82) is 0 Å². The number of carbonyl (C=O) groups is 1. The molecule has 0 aromatic rings. The van der Waals surface area contributed by atoms with Gasteiger partial charge >= 0.3 is 5.97 Å². The minimum absolute atomic E-state index is 0.0265. The van der Waals surface area contributed by atoms with Crippen LogP contribution in [0.4, 0.5) is 0 Å². The van der Waals surface area contributed by atoms with Gasteiger partial charge in [0.2, 0.25) is 0 Å². The van der Waals surface area contributed by atoms with E-state index in [2.05, 4.69) is 30.6 Å². The van der Waals surface area contributed by atoms with E-state index in [1.54, 1.807) is 0 Å². The van der Waals surface area contributed by atoms with Crippen LogP contribution in [0, 0.1) is 0 Å². The molecule has 0 rings (SSSR count). The molecule has 1 unspecified atom stereocenters. The maximum atomic E-state index is 12.7. The minimum Gasteiger partial charge on any atom is -0.466 e. The lowest BCUT2D eigenvalue weighted by Crippen LogP contribution is -2.38. The number of ether oxygens (including phenoxy) is 1. The molecule has 0 aliphatic carbocycles. The lowest BCUT2D eigenvalue weighted by atomic mass is 10.1. The van der Waals surface area contributed by atoms with Crippen LogP contribution in [0.3, 0.4) is 0 Å². The monoisotopic (exact) mass is 766 g/mol. The van der Waals surface area contributed by atoms with E-state index in [4.69, 9.17) is 10.5 Å². The number of hydrogen-bond donors (Lipinski definition) is 2. The summed E-state index contributed by atoms with van der Waals surface area (Å²) in [6, 6.07) is 0. The van der Waals surface area contributed by atoms with Crippen molar-refractivity contribution in [3.05, 3.63) is 0 Å². The van der Waals surface area contributed by atoms with Gasteiger partial charge in [-0.15, -0.1) is 0 Å². The van der Waals surface area contributed by atoms with Gasteiger partial charge in [-0.1, -0.05) is 213 Å². The molecule has 0 saturated carbocycles. The van der Waals surface area contributed by atoms with Crippen molar-refractivity contribution < 1.29 is 14.6 Å². The molecular weight excluding hydrogens is 667 g/mol. The molecule has 6 heteroatoms. The van der Waals surface area contributed by atoms with Crippen LogP contribution in [0.15, 0.2) is 0 Å². The average Bonchev–Trinajstić information content (AvgIpc) is 3.16. The molecule has 0 bridgehead atoms. The Kier molecular flexibility index (Phi) is 44.4. The van der Waals surface area contributed by atoms with Gasteiger partial charge in [0.1, 0.15) is 6.23 Å². The van der Waals surface area contributed by atoms with Gasteiger partial charge in [0.05, 0.1) is 13.0 Å². The first-order chi connectivity index (χ1) is 26.5. The highest BCUT2D eigenvalue weighted by Gasteiger charge is 2.12. The highest BCUT2D eigenvalue weighted by molar-refractivity contribution is 5.69. The molecule has 0 fully saturated rings. The molecule has 0 amide bonds. The third-order valence-electron chi connectivity index (χ3n) is 11.4. The lowest BCUT2D eigenvalue weighted by Gasteiger charge is -2.25. The molecule has 54 heavy (non-hydrogen) atoms. The molecule has 0 aromatic heterocycles. The van der Waals surface area contributed by atoms with Crippen LogP contribution >= 0.6 is 0 Å². The van der Waals surface area contributed by atoms with Crippen molar-refractivity contribution in [1.82, 2.24) is 9.80 Å². The lowest BCUT2D eigenvalue weighted by molar-refractivity contribution is -0.144. The zero-order valence-electron chi connectivity index (χ0n) is 37.2. The fraction of sp³-hybridized carbons (Fsp3) is 0.979. The van der Waals surface area contributed by atoms with Crippen LogP contribution in [0.2, 0.25) is 0 Å². The van der Waals surface area contributed by atoms with Crippen LogP contribution in [-0.4, -0.2) is 73.0 Å². The summed E-state index contributed by atoms with van der Waals surface area (Å²) < 4.78 is 5.67. The van der Waals surface area contributed by atoms with Crippen LogP contribution in [0.25, 0.3) is 0 Å². The topological polar surface area (TPSA) is 79.0 Å². The first-order valence-corrected chi connectivity index (χ1v) is 24.6. The smallest absolute Gasteiger partial charge is 0.307 e. The highest BCUT2D eigenvalue weighted by atomic mass is 16.5. The van der Waals surface area contributed by atoms with E-state index in [1.165, 1.54) is 205 Å². The number of aliphatic hydroxyl groups excluding tert-OH is 1. The quantitative estimate of drug-likeness (QED) is 0.0365. The number of rotatable bonds is 46. The molecule has 0 saturated heterocycles. The Hall–Kier alpha value is -0.690. The normalized spacial score (nSPS) is 12.4. The van der Waals surface area contributed by atoms with Crippen molar-refractivity contribution in [2.24, 2.45) is 5.73 Å². The van der Waals surface area contributed by atoms with E-state index in [0.29, 0.717) is 19.6 Å². The number of aliphatic hydroxyl groups is 1. The van der Waals surface area contributed by atoms with E-state index >= 15 is 0 Å². The molecule has 324 valence electrons. The van der Waals surface area contributed by atoms with Crippen LogP contribution < -0.4 is 5.73 Å². The Morgan fingerprint density at radius 1 is 0.426 bits per heavy atom. The highest BCUT2D eigenvalue weighted by Crippen LogP contribution is 2.15. The summed E-state index contributed by atoms with van der Waals surface area (Å²) >= 11 is 0. The van der Waals surface area contributed by atoms with Crippen molar-refractivity contribution >= 4 is 5.97 Å². The van der Waals surface area contributed by atoms with Gasteiger partial charge in [0, 0.05) is 13.1 Å². The van der Waals surface area contributed by atoms with Crippen LogP contribution in [0.1, 0.15) is 252 Å². The third-order valence-corrected chi connectivity index (χ3v) is 11.4. The third kappa shape index (κ3) is 42.5. The summed E-state index contributed by atoms with van der Waals surface area (Å²) in [5.74, 6) is -0.0265. The number of carbonyl (C=O) groups excluding carboxylic acids is 1. The Balaban J connectivity index is 4.42. The zero-order valence-corrected chi connectivity index (χ0v) is 37.2. The second-order valence-corrected chi connectivity index (χ2v) is 17.0. The number of unbranched alkanes of at least 4 members (excludes halogenated alkanes) is 31. The van der Waals surface area contributed by atoms with E-state index in [0.717, 1.165) is 52.0 Å². The Morgan fingerprint density at radius 3 is 1.04 bits per heavy atom. The Bertz CT molecular complexity index is 721. The standard InChI is InChI=1S/C48H99N3O3/c1-4-7-10-13-16-19-22-23-26-28-31-34-40-50(44-39-48(53)54-45-38-33-30-27-24-20-17-14-11-8-5-2)41-36-37-43-51(46-47(49)52)42-35-32-29-25-21-18-15-12-9-6-3/h47,52H,4-46,49H2,1-3H3. The number of hydrogen-bond acceptors (Lipinski definition) is 6. The maximum absolute atomic E-state index is 12.7. The van der Waals surface area contributed by atoms with Crippen molar-refractivity contribution in [3.8, 4) is 0 Å². The summed E-state index contributed by atoms with van der Waals surface area (Å²) in [7, 11) is 0. The van der Waals surface area contributed by atoms with Crippen molar-refractivity contribution in [3.63, 3.8) is 0 Å². The van der Waals surface area contributed by atoms with Crippen molar-refractivity contribution in [2.45, 2.75) is 258 Å². The van der Waals surface area contributed by atoms with Gasteiger partial charge in [-0.3, -0.25) is 9.69 Å². The number of nitrogens with two attached hydrogens (primary N) is 1. The van der Waals surface area contributed by atoms with Gasteiger partial charge < -0.3 is 20.5 Å². The maximum Gasteiger partial charge on any atom is 0.307 e. The summed E-state index contributed by atoms with van der Waals surface area (Å²) in [6.45, 7) is 12.9. The van der Waals surface area contributed by atoms with E-state index in [1.807, 2.05) is 0 Å². The van der Waals surface area contributed by atoms with Crippen molar-refractivity contribution in [2.75, 3.05) is 45.9 Å². The van der Waals surface area contributed by atoms with Gasteiger partial charge in [0.15, 0.2) is 0 Å². The molecule has 0 aliphatic heterocycles. The second kappa shape index (κ2) is 45.0. The molecule has 3 N–H and O–H groups in total. The number of esters is 1. The Labute approximate surface area is 339 Å². The predicted octanol–water partition coefficient (Wildman–Crippen LogP) is 13.5. The summed E-state index contributed by atoms with van der Waals surface area (Å²) in [5.41, 5.74) is 5.82. The van der Waals surface area contributed by atoms with E-state index in [9.17, 15) is 9.90 Å². The average molecular weight is 766 g/mol.